The van der Waals surface area contributed by atoms with Crippen molar-refractivity contribution in [3.05, 3.63) is 84.4 Å². The van der Waals surface area contributed by atoms with Gasteiger partial charge in [0.1, 0.15) is 5.69 Å². The van der Waals surface area contributed by atoms with Crippen molar-refractivity contribution in [2.45, 2.75) is 44.5 Å². The van der Waals surface area contributed by atoms with E-state index in [0.29, 0.717) is 45.0 Å². The maximum absolute atomic E-state index is 13.4. The second kappa shape index (κ2) is 11.1. The van der Waals surface area contributed by atoms with Crippen LogP contribution in [0.1, 0.15) is 32.1 Å². The Kier molecular flexibility index (Phi) is 7.21. The molecule has 3 aromatic rings. The molecule has 0 unspecified atom stereocenters. The van der Waals surface area contributed by atoms with Gasteiger partial charge in [-0.3, -0.25) is 4.99 Å². The lowest BCUT2D eigenvalue weighted by Crippen LogP contribution is -2.21. The van der Waals surface area contributed by atoms with E-state index >= 15 is 0 Å². The molecule has 1 N–H and O–H groups in total. The van der Waals surface area contributed by atoms with Crippen LogP contribution in [0.3, 0.4) is 0 Å². The van der Waals surface area contributed by atoms with Gasteiger partial charge >= 0.3 is 6.36 Å². The maximum atomic E-state index is 13.4. The number of methoxy groups -OCH3 is 1. The van der Waals surface area contributed by atoms with Gasteiger partial charge in [0.2, 0.25) is 5.88 Å². The topological polar surface area (TPSA) is 73.6 Å². The number of ether oxygens (including phenoxy) is 2. The molecule has 0 spiro atoms. The van der Waals surface area contributed by atoms with Crippen LogP contribution in [-0.4, -0.2) is 34.0 Å². The molecule has 6 rings (SSSR count). The largest absolute Gasteiger partial charge is 0.573 e. The van der Waals surface area contributed by atoms with Crippen molar-refractivity contribution in [2.24, 2.45) is 4.99 Å². The average Bonchev–Trinajstić information content (AvgIpc) is 2.97. The van der Waals surface area contributed by atoms with Gasteiger partial charge < -0.3 is 19.4 Å². The number of para-hydroxylation sites is 4. The quantitative estimate of drug-likeness (QED) is 0.219. The minimum Gasteiger partial charge on any atom is -0.480 e. The highest BCUT2D eigenvalue weighted by atomic mass is 19.4. The zero-order valence-electron chi connectivity index (χ0n) is 22.4. The SMILES string of the molecule is COc1ncccc1Nc1cc2nc3ccccc3n(-c3ccccc3OC(F)(F)F)c-2c/c1=N\C1CCCCC1. The third kappa shape index (κ3) is 5.68. The summed E-state index contributed by atoms with van der Waals surface area (Å²) in [5.41, 5.74) is 4.01. The van der Waals surface area contributed by atoms with Crippen LogP contribution in [0.5, 0.6) is 11.6 Å². The van der Waals surface area contributed by atoms with Gasteiger partial charge in [0.05, 0.1) is 52.3 Å². The first-order valence-corrected chi connectivity index (χ1v) is 13.5. The Morgan fingerprint density at radius 2 is 1.71 bits per heavy atom. The molecule has 1 saturated carbocycles. The normalized spacial score (nSPS) is 14.9. The van der Waals surface area contributed by atoms with Crippen molar-refractivity contribution in [1.82, 2.24) is 14.5 Å². The molecule has 0 atom stereocenters. The number of nitrogens with one attached hydrogen (secondary N) is 1. The molecule has 1 aromatic heterocycles. The lowest BCUT2D eigenvalue weighted by Gasteiger charge is -2.23. The fourth-order valence-corrected chi connectivity index (χ4v) is 5.36. The standard InChI is InChI=1S/C31H28F3N5O2/c1-40-30-22(13-9-17-35-30)38-23-18-25-28(19-24(23)36-20-10-3-2-4-11-20)39(26-14-6-5-12-21(26)37-25)27-15-7-8-16-29(27)41-31(32,33)34/h5-9,12-20,38H,2-4,10-11H2,1H3/b36-24+. The minimum absolute atomic E-state index is 0.139. The Balaban J connectivity index is 1.63. The molecule has 2 aliphatic carbocycles. The number of anilines is 2. The zero-order chi connectivity index (χ0) is 28.4. The first-order chi connectivity index (χ1) is 19.9. The number of aromatic nitrogens is 3. The number of benzene rings is 3. The Hall–Kier alpha value is -4.60. The van der Waals surface area contributed by atoms with Crippen LogP contribution in [-0.2, 0) is 0 Å². The van der Waals surface area contributed by atoms with Crippen LogP contribution in [0.15, 0.2) is 84.0 Å². The molecule has 2 aromatic carbocycles. The molecule has 0 amide bonds. The number of hydrogen-bond donors (Lipinski definition) is 1. The van der Waals surface area contributed by atoms with Gasteiger partial charge in [0.25, 0.3) is 0 Å². The fraction of sp³-hybridized carbons (Fsp3) is 0.258. The lowest BCUT2D eigenvalue weighted by atomic mass is 9.96. The summed E-state index contributed by atoms with van der Waals surface area (Å²) in [6, 6.07) is 21.0. The highest BCUT2D eigenvalue weighted by Gasteiger charge is 2.33. The summed E-state index contributed by atoms with van der Waals surface area (Å²) in [6.07, 6.45) is 2.15. The highest BCUT2D eigenvalue weighted by Crippen LogP contribution is 2.36. The zero-order valence-corrected chi connectivity index (χ0v) is 22.4. The van der Waals surface area contributed by atoms with Gasteiger partial charge in [0, 0.05) is 6.20 Å². The van der Waals surface area contributed by atoms with Crippen LogP contribution >= 0.6 is 0 Å². The summed E-state index contributed by atoms with van der Waals surface area (Å²) < 4.78 is 52.0. The van der Waals surface area contributed by atoms with Gasteiger partial charge in [-0.15, -0.1) is 13.2 Å². The smallest absolute Gasteiger partial charge is 0.480 e. The van der Waals surface area contributed by atoms with E-state index in [9.17, 15) is 13.2 Å². The van der Waals surface area contributed by atoms with Gasteiger partial charge in [0.15, 0.2) is 5.75 Å². The molecule has 210 valence electrons. The Labute approximate surface area is 234 Å². The van der Waals surface area contributed by atoms with E-state index in [4.69, 9.17) is 14.7 Å². The molecule has 41 heavy (non-hydrogen) atoms. The third-order valence-electron chi connectivity index (χ3n) is 7.16. The number of hydrogen-bond acceptors (Lipinski definition) is 6. The summed E-state index contributed by atoms with van der Waals surface area (Å²) >= 11 is 0. The van der Waals surface area contributed by atoms with Crippen molar-refractivity contribution < 1.29 is 22.6 Å². The maximum Gasteiger partial charge on any atom is 0.573 e. The van der Waals surface area contributed by atoms with Crippen molar-refractivity contribution in [1.29, 1.82) is 0 Å². The van der Waals surface area contributed by atoms with Crippen molar-refractivity contribution in [3.8, 4) is 28.7 Å². The number of pyridine rings is 1. The molecule has 10 heteroatoms. The summed E-state index contributed by atoms with van der Waals surface area (Å²) in [6.45, 7) is 0. The number of alkyl halides is 3. The Bertz CT molecular complexity index is 1730. The molecule has 1 fully saturated rings. The van der Waals surface area contributed by atoms with E-state index in [1.54, 1.807) is 36.1 Å². The fourth-order valence-electron chi connectivity index (χ4n) is 5.36. The number of nitrogens with zero attached hydrogens (tertiary/aromatic N) is 4. The van der Waals surface area contributed by atoms with Crippen molar-refractivity contribution in [2.75, 3.05) is 12.4 Å². The first kappa shape index (κ1) is 26.6. The summed E-state index contributed by atoms with van der Waals surface area (Å²) in [5.74, 6) is 0.117. The molecule has 3 aliphatic rings. The van der Waals surface area contributed by atoms with E-state index < -0.39 is 6.36 Å². The number of halogens is 3. The number of fused-ring (bicyclic) bond motifs is 2. The predicted octanol–water partition coefficient (Wildman–Crippen LogP) is 7.41. The molecule has 0 saturated heterocycles. The van der Waals surface area contributed by atoms with Gasteiger partial charge in [-0.25, -0.2) is 9.97 Å². The molecule has 0 bridgehead atoms. The molecular weight excluding hydrogens is 531 g/mol. The molecule has 0 radical (unpaired) electrons. The minimum atomic E-state index is -4.85. The van der Waals surface area contributed by atoms with E-state index in [1.165, 1.54) is 18.6 Å². The van der Waals surface area contributed by atoms with Gasteiger partial charge in [-0.05, 0) is 61.4 Å². The first-order valence-electron chi connectivity index (χ1n) is 13.5. The molecule has 7 nitrogen and oxygen atoms in total. The Morgan fingerprint density at radius 1 is 0.927 bits per heavy atom. The van der Waals surface area contributed by atoms with E-state index in [0.717, 1.165) is 25.7 Å². The Morgan fingerprint density at radius 3 is 2.51 bits per heavy atom. The monoisotopic (exact) mass is 559 g/mol. The summed E-state index contributed by atoms with van der Waals surface area (Å²) in [4.78, 5) is 14.3. The molecular formula is C31H28F3N5O2. The van der Waals surface area contributed by atoms with E-state index in [-0.39, 0.29) is 17.5 Å². The third-order valence-corrected chi connectivity index (χ3v) is 7.16. The van der Waals surface area contributed by atoms with Crippen LogP contribution in [0, 0.1) is 0 Å². The summed E-state index contributed by atoms with van der Waals surface area (Å²) in [7, 11) is 1.55. The highest BCUT2D eigenvalue weighted by molar-refractivity contribution is 5.85. The van der Waals surface area contributed by atoms with E-state index in [1.807, 2.05) is 42.5 Å². The molecule has 1 aliphatic heterocycles. The second-order valence-electron chi connectivity index (χ2n) is 9.92. The van der Waals surface area contributed by atoms with Gasteiger partial charge in [-0.1, -0.05) is 43.5 Å². The van der Waals surface area contributed by atoms with Crippen LogP contribution < -0.4 is 20.1 Å². The average molecular weight is 560 g/mol. The van der Waals surface area contributed by atoms with Crippen molar-refractivity contribution >= 4 is 22.4 Å². The van der Waals surface area contributed by atoms with Crippen molar-refractivity contribution in [3.63, 3.8) is 0 Å². The second-order valence-corrected chi connectivity index (χ2v) is 9.92. The van der Waals surface area contributed by atoms with E-state index in [2.05, 4.69) is 15.0 Å². The van der Waals surface area contributed by atoms with Crippen LogP contribution in [0.25, 0.3) is 28.1 Å². The lowest BCUT2D eigenvalue weighted by molar-refractivity contribution is -0.274. The van der Waals surface area contributed by atoms with Crippen LogP contribution in [0.2, 0.25) is 0 Å². The predicted molar refractivity (Wildman–Crippen MR) is 151 cm³/mol. The van der Waals surface area contributed by atoms with Gasteiger partial charge in [-0.2, -0.15) is 0 Å². The van der Waals surface area contributed by atoms with Crippen LogP contribution in [0.4, 0.5) is 24.5 Å². The number of rotatable bonds is 6. The molecule has 2 heterocycles. The summed E-state index contributed by atoms with van der Waals surface area (Å²) in [5, 5.41) is 4.10.